The normalized spacial score (nSPS) is 19.9. The lowest BCUT2D eigenvalue weighted by atomic mass is 9.83. The first-order valence-electron chi connectivity index (χ1n) is 12.4. The van der Waals surface area contributed by atoms with E-state index in [1.165, 1.54) is 30.6 Å². The van der Waals surface area contributed by atoms with E-state index in [2.05, 4.69) is 15.3 Å². The van der Waals surface area contributed by atoms with E-state index in [9.17, 15) is 23.1 Å². The van der Waals surface area contributed by atoms with Gasteiger partial charge in [0.15, 0.2) is 11.5 Å². The quantitative estimate of drug-likeness (QED) is 0.354. The first-order chi connectivity index (χ1) is 18.9. The van der Waals surface area contributed by atoms with Crippen LogP contribution in [0.3, 0.4) is 0 Å². The van der Waals surface area contributed by atoms with Gasteiger partial charge < -0.3 is 25.3 Å². The molecule has 3 atom stereocenters. The molecular formula is C28H27F3N4O4S. The lowest BCUT2D eigenvalue weighted by molar-refractivity contribution is -0.0579. The van der Waals surface area contributed by atoms with Gasteiger partial charge in [-0.15, -0.1) is 11.3 Å². The number of amides is 1. The molecule has 8 nitrogen and oxygen atoms in total. The summed E-state index contributed by atoms with van der Waals surface area (Å²) >= 11 is 1.50. The van der Waals surface area contributed by atoms with Crippen LogP contribution in [0.1, 0.15) is 53.5 Å². The number of aliphatic imine (C=N–C) groups is 1. The fourth-order valence-corrected chi connectivity index (χ4v) is 5.87. The minimum absolute atomic E-state index is 0.0676. The minimum Gasteiger partial charge on any atom is -0.495 e. The second kappa shape index (κ2) is 10.3. The average molecular weight is 573 g/mol. The Hall–Kier alpha value is -3.74. The van der Waals surface area contributed by atoms with Gasteiger partial charge in [0.25, 0.3) is 5.91 Å². The Morgan fingerprint density at radius 2 is 1.95 bits per heavy atom. The molecule has 3 heterocycles. The highest BCUT2D eigenvalue weighted by atomic mass is 32.1. The Morgan fingerprint density at radius 3 is 2.62 bits per heavy atom. The summed E-state index contributed by atoms with van der Waals surface area (Å²) in [4.78, 5) is 21.8. The van der Waals surface area contributed by atoms with Gasteiger partial charge in [-0.05, 0) is 48.4 Å². The van der Waals surface area contributed by atoms with Crippen LogP contribution in [0.2, 0.25) is 0 Å². The van der Waals surface area contributed by atoms with E-state index in [-0.39, 0.29) is 35.3 Å². The van der Waals surface area contributed by atoms with E-state index < -0.39 is 41.3 Å². The molecule has 0 radical (unpaired) electrons. The number of benzene rings is 1. The summed E-state index contributed by atoms with van der Waals surface area (Å²) in [5, 5.41) is 16.7. The molecule has 5 rings (SSSR count). The number of dihydropyridines is 1. The Labute approximate surface area is 231 Å². The maximum absolute atomic E-state index is 13.5. The van der Waals surface area contributed by atoms with Gasteiger partial charge in [-0.2, -0.15) is 13.2 Å². The number of fused-ring (bicyclic) bond motifs is 2. The Balaban J connectivity index is 1.47. The third-order valence-corrected chi connectivity index (χ3v) is 7.81. The van der Waals surface area contributed by atoms with Crippen molar-refractivity contribution in [3.8, 4) is 0 Å². The molecule has 1 aliphatic heterocycles. The van der Waals surface area contributed by atoms with Gasteiger partial charge in [-0.1, -0.05) is 30.4 Å². The van der Waals surface area contributed by atoms with Gasteiger partial charge in [0.2, 0.25) is 5.89 Å². The van der Waals surface area contributed by atoms with Crippen molar-refractivity contribution in [2.45, 2.75) is 44.1 Å². The Bertz CT molecular complexity index is 1580. The van der Waals surface area contributed by atoms with E-state index in [1.807, 2.05) is 29.6 Å². The SMILES string of the molecule is COC1=C2N=C(C(F)(F)F)C=CC2C(c2nc(C(=O)NC(c3csc4ccccc34)C(C)(C)O)c(CN)o2)C=C1. The average Bonchev–Trinajstić information content (AvgIpc) is 3.54. The standard InChI is InChI=1S/C28H27F3N4O4S/c1-27(2,37)24(17-13-40-20-7-5-4-6-14(17)20)35-25(36)23-19(12-32)39-26(34-23)16-8-10-18(38-3)22-15(16)9-11-21(33-22)28(29,30)31/h4-11,13,15-16,24,37H,12,32H2,1-3H3,(H,35,36). The maximum Gasteiger partial charge on any atom is 0.433 e. The highest BCUT2D eigenvalue weighted by Gasteiger charge is 2.41. The number of alkyl halides is 3. The van der Waals surface area contributed by atoms with Crippen molar-refractivity contribution in [2.75, 3.05) is 7.11 Å². The van der Waals surface area contributed by atoms with Gasteiger partial charge in [0, 0.05) is 10.6 Å². The summed E-state index contributed by atoms with van der Waals surface area (Å²) in [5.74, 6) is -1.56. The number of thiophene rings is 1. The van der Waals surface area contributed by atoms with E-state index in [0.29, 0.717) is 0 Å². The number of nitrogens with one attached hydrogen (secondary N) is 1. The van der Waals surface area contributed by atoms with Crippen molar-refractivity contribution < 1.29 is 32.2 Å². The monoisotopic (exact) mass is 572 g/mol. The Morgan fingerprint density at radius 1 is 1.23 bits per heavy atom. The van der Waals surface area contributed by atoms with Crippen molar-refractivity contribution in [3.05, 3.63) is 88.3 Å². The third-order valence-electron chi connectivity index (χ3n) is 6.83. The topological polar surface area (TPSA) is 123 Å². The summed E-state index contributed by atoms with van der Waals surface area (Å²) in [6.07, 6.45) is 0.834. The summed E-state index contributed by atoms with van der Waals surface area (Å²) in [6, 6.07) is 6.89. The zero-order chi connectivity index (χ0) is 28.8. The molecule has 1 aromatic carbocycles. The van der Waals surface area contributed by atoms with Crippen molar-refractivity contribution >= 4 is 33.0 Å². The van der Waals surface area contributed by atoms with Gasteiger partial charge in [0.1, 0.15) is 11.5 Å². The number of nitrogens with two attached hydrogens (primary N) is 1. The number of rotatable bonds is 7. The summed E-state index contributed by atoms with van der Waals surface area (Å²) < 4.78 is 52.2. The van der Waals surface area contributed by atoms with Crippen LogP contribution in [0, 0.1) is 5.92 Å². The summed E-state index contributed by atoms with van der Waals surface area (Å²) in [7, 11) is 1.35. The lowest BCUT2D eigenvalue weighted by Crippen LogP contribution is -2.42. The van der Waals surface area contributed by atoms with Crippen LogP contribution in [0.4, 0.5) is 13.2 Å². The molecule has 0 fully saturated rings. The maximum atomic E-state index is 13.5. The molecule has 2 aliphatic rings. The van der Waals surface area contributed by atoms with Crippen LogP contribution in [-0.2, 0) is 11.3 Å². The predicted molar refractivity (Wildman–Crippen MR) is 145 cm³/mol. The second-order valence-corrected chi connectivity index (χ2v) is 10.9. The van der Waals surface area contributed by atoms with Crippen LogP contribution >= 0.6 is 11.3 Å². The van der Waals surface area contributed by atoms with Gasteiger partial charge in [-0.3, -0.25) is 4.79 Å². The molecule has 0 saturated heterocycles. The van der Waals surface area contributed by atoms with Crippen LogP contribution in [0.25, 0.3) is 10.1 Å². The van der Waals surface area contributed by atoms with E-state index in [4.69, 9.17) is 14.9 Å². The molecule has 4 N–H and O–H groups in total. The highest BCUT2D eigenvalue weighted by molar-refractivity contribution is 7.17. The van der Waals surface area contributed by atoms with Gasteiger partial charge >= 0.3 is 6.18 Å². The molecule has 0 spiro atoms. The smallest absolute Gasteiger partial charge is 0.433 e. The molecule has 0 saturated carbocycles. The number of methoxy groups -OCH3 is 1. The van der Waals surface area contributed by atoms with Crippen LogP contribution in [0.5, 0.6) is 0 Å². The van der Waals surface area contributed by atoms with Crippen LogP contribution in [-0.4, -0.2) is 40.6 Å². The van der Waals surface area contributed by atoms with Crippen molar-refractivity contribution in [3.63, 3.8) is 0 Å². The molecule has 40 heavy (non-hydrogen) atoms. The third kappa shape index (κ3) is 5.09. The molecule has 0 bridgehead atoms. The van der Waals surface area contributed by atoms with Gasteiger partial charge in [0.05, 0.1) is 36.9 Å². The van der Waals surface area contributed by atoms with Crippen LogP contribution in [0.15, 0.2) is 74.8 Å². The Kier molecular flexibility index (Phi) is 7.19. The number of aromatic nitrogens is 1. The second-order valence-electron chi connectivity index (χ2n) is 9.99. The van der Waals surface area contributed by atoms with Crippen molar-refractivity contribution in [1.82, 2.24) is 10.3 Å². The number of aliphatic hydroxyl groups is 1. The van der Waals surface area contributed by atoms with E-state index in [1.54, 1.807) is 19.9 Å². The number of nitrogens with zero attached hydrogens (tertiary/aromatic N) is 2. The molecule has 3 unspecified atom stereocenters. The number of halogens is 3. The molecule has 12 heteroatoms. The first-order valence-corrected chi connectivity index (χ1v) is 13.3. The molecule has 1 aliphatic carbocycles. The summed E-state index contributed by atoms with van der Waals surface area (Å²) in [5.41, 5.74) is 4.27. The number of allylic oxidation sites excluding steroid dienone is 4. The lowest BCUT2D eigenvalue weighted by Gasteiger charge is -2.30. The van der Waals surface area contributed by atoms with Crippen LogP contribution < -0.4 is 11.1 Å². The highest BCUT2D eigenvalue weighted by Crippen LogP contribution is 2.42. The predicted octanol–water partition coefficient (Wildman–Crippen LogP) is 5.29. The molecule has 210 valence electrons. The fraction of sp³-hybridized carbons (Fsp3) is 0.321. The number of carbonyl (C=O) groups is 1. The molecule has 1 amide bonds. The van der Waals surface area contributed by atoms with Gasteiger partial charge in [-0.25, -0.2) is 9.98 Å². The van der Waals surface area contributed by atoms with E-state index >= 15 is 0 Å². The fourth-order valence-electron chi connectivity index (χ4n) is 4.88. The zero-order valence-electron chi connectivity index (χ0n) is 21.8. The number of carbonyl (C=O) groups excluding carboxylic acids is 1. The first kappa shape index (κ1) is 27.8. The summed E-state index contributed by atoms with van der Waals surface area (Å²) in [6.45, 7) is 3.05. The number of hydrogen-bond donors (Lipinski definition) is 3. The zero-order valence-corrected chi connectivity index (χ0v) is 22.6. The van der Waals surface area contributed by atoms with Crippen molar-refractivity contribution in [2.24, 2.45) is 16.6 Å². The molecule has 3 aromatic rings. The molecular weight excluding hydrogens is 545 g/mol. The number of oxazole rings is 1. The largest absolute Gasteiger partial charge is 0.495 e. The number of hydrogen-bond acceptors (Lipinski definition) is 8. The minimum atomic E-state index is -4.63. The number of ether oxygens (including phenoxy) is 1. The van der Waals surface area contributed by atoms with E-state index in [0.717, 1.165) is 21.7 Å². The molecule has 2 aromatic heterocycles. The van der Waals surface area contributed by atoms with Crippen molar-refractivity contribution in [1.29, 1.82) is 0 Å².